The smallest absolute Gasteiger partial charge is 0.169 e. The van der Waals surface area contributed by atoms with Crippen LogP contribution in [0, 0.1) is 0 Å². The van der Waals surface area contributed by atoms with Crippen molar-refractivity contribution in [2.45, 2.75) is 39.3 Å². The molecule has 0 aliphatic carbocycles. The molecule has 1 unspecified atom stereocenters. The van der Waals surface area contributed by atoms with E-state index >= 15 is 0 Å². The number of nitrogens with one attached hydrogen (secondary N) is 1. The predicted octanol–water partition coefficient (Wildman–Crippen LogP) is 3.89. The van der Waals surface area contributed by atoms with Crippen molar-refractivity contribution in [2.24, 2.45) is 0 Å². The van der Waals surface area contributed by atoms with E-state index < -0.39 is 0 Å². The molecule has 4 nitrogen and oxygen atoms in total. The molecule has 0 saturated carbocycles. The highest BCUT2D eigenvalue weighted by Gasteiger charge is 2.15. The summed E-state index contributed by atoms with van der Waals surface area (Å²) in [6.45, 7) is 6.15. The fourth-order valence-electron chi connectivity index (χ4n) is 1.76. The number of ether oxygens (including phenoxy) is 1. The molecular weight excluding hydrogens is 258 g/mol. The average Bonchev–Trinajstić information content (AvgIpc) is 2.91. The summed E-state index contributed by atoms with van der Waals surface area (Å²) in [5.41, 5.74) is 0. The molecule has 0 bridgehead atoms. The molecule has 2 aromatic heterocycles. The van der Waals surface area contributed by atoms with Gasteiger partial charge in [0.25, 0.3) is 0 Å². The van der Waals surface area contributed by atoms with Crippen molar-refractivity contribution in [3.63, 3.8) is 0 Å². The van der Waals surface area contributed by atoms with E-state index in [1.165, 1.54) is 0 Å². The van der Waals surface area contributed by atoms with Gasteiger partial charge in [0.2, 0.25) is 0 Å². The zero-order chi connectivity index (χ0) is 13.7. The highest BCUT2D eigenvalue weighted by Crippen LogP contribution is 2.29. The molecule has 0 aliphatic rings. The first kappa shape index (κ1) is 13.8. The summed E-state index contributed by atoms with van der Waals surface area (Å²) >= 11 is 1.65. The number of hydrogen-bond acceptors (Lipinski definition) is 5. The number of pyridine rings is 1. The van der Waals surface area contributed by atoms with E-state index in [4.69, 9.17) is 4.74 Å². The van der Waals surface area contributed by atoms with Crippen LogP contribution in [0.1, 0.15) is 38.2 Å². The Kier molecular flexibility index (Phi) is 4.74. The van der Waals surface area contributed by atoms with Crippen LogP contribution in [0.5, 0.6) is 5.75 Å². The lowest BCUT2D eigenvalue weighted by Crippen LogP contribution is -2.13. The van der Waals surface area contributed by atoms with Gasteiger partial charge in [-0.25, -0.2) is 9.97 Å². The average molecular weight is 277 g/mol. The Morgan fingerprint density at radius 1 is 1.32 bits per heavy atom. The van der Waals surface area contributed by atoms with Gasteiger partial charge in [-0.1, -0.05) is 6.92 Å². The van der Waals surface area contributed by atoms with Crippen LogP contribution in [0.4, 0.5) is 5.82 Å². The lowest BCUT2D eigenvalue weighted by Gasteiger charge is -2.19. The molecule has 2 heterocycles. The zero-order valence-electron chi connectivity index (χ0n) is 11.5. The third-order valence-corrected chi connectivity index (χ3v) is 3.49. The standard InChI is InChI=1S/C14H19N3OS/c1-4-11(14-16-8-9-19-14)17-13-12(18-10(2)3)6-5-7-15-13/h5-11H,4H2,1-3H3,(H,15,17). The summed E-state index contributed by atoms with van der Waals surface area (Å²) in [5.74, 6) is 1.56. The molecule has 19 heavy (non-hydrogen) atoms. The maximum absolute atomic E-state index is 5.77. The number of nitrogens with zero attached hydrogens (tertiary/aromatic N) is 2. The number of anilines is 1. The molecular formula is C14H19N3OS. The third kappa shape index (κ3) is 3.67. The largest absolute Gasteiger partial charge is 0.487 e. The van der Waals surface area contributed by atoms with Crippen molar-refractivity contribution in [3.05, 3.63) is 34.9 Å². The summed E-state index contributed by atoms with van der Waals surface area (Å²) in [7, 11) is 0. The summed E-state index contributed by atoms with van der Waals surface area (Å²) in [6, 6.07) is 3.99. The van der Waals surface area contributed by atoms with E-state index in [9.17, 15) is 0 Å². The second-order valence-corrected chi connectivity index (χ2v) is 5.42. The second kappa shape index (κ2) is 6.52. The van der Waals surface area contributed by atoms with Crippen LogP contribution in [-0.2, 0) is 0 Å². The highest BCUT2D eigenvalue weighted by atomic mass is 32.1. The Labute approximate surface area is 117 Å². The maximum atomic E-state index is 5.77. The summed E-state index contributed by atoms with van der Waals surface area (Å²) in [6.07, 6.45) is 4.67. The molecule has 0 saturated heterocycles. The van der Waals surface area contributed by atoms with Gasteiger partial charge in [-0.2, -0.15) is 0 Å². The SMILES string of the molecule is CCC(Nc1ncccc1OC(C)C)c1nccs1. The molecule has 102 valence electrons. The van der Waals surface area contributed by atoms with Crippen molar-refractivity contribution in [3.8, 4) is 5.75 Å². The second-order valence-electron chi connectivity index (χ2n) is 4.49. The van der Waals surface area contributed by atoms with Gasteiger partial charge in [0.15, 0.2) is 11.6 Å². The number of rotatable bonds is 6. The minimum Gasteiger partial charge on any atom is -0.487 e. The van der Waals surface area contributed by atoms with Crippen molar-refractivity contribution in [1.82, 2.24) is 9.97 Å². The minimum atomic E-state index is 0.129. The first-order chi connectivity index (χ1) is 9.20. The van der Waals surface area contributed by atoms with Crippen molar-refractivity contribution in [1.29, 1.82) is 0 Å². The zero-order valence-corrected chi connectivity index (χ0v) is 12.3. The molecule has 0 amide bonds. The van der Waals surface area contributed by atoms with Crippen LogP contribution >= 0.6 is 11.3 Å². The molecule has 2 rings (SSSR count). The van der Waals surface area contributed by atoms with Crippen LogP contribution in [0.2, 0.25) is 0 Å². The molecule has 0 fully saturated rings. The first-order valence-corrected chi connectivity index (χ1v) is 7.36. The van der Waals surface area contributed by atoms with Gasteiger partial charge in [0.1, 0.15) is 5.01 Å². The van der Waals surface area contributed by atoms with Gasteiger partial charge in [0, 0.05) is 17.8 Å². The Bertz CT molecular complexity index is 499. The van der Waals surface area contributed by atoms with E-state index in [1.54, 1.807) is 17.5 Å². The summed E-state index contributed by atoms with van der Waals surface area (Å²) in [5, 5.41) is 6.48. The maximum Gasteiger partial charge on any atom is 0.169 e. The van der Waals surface area contributed by atoms with E-state index in [1.807, 2.05) is 37.6 Å². The lowest BCUT2D eigenvalue weighted by molar-refractivity contribution is 0.242. The normalized spacial score (nSPS) is 12.4. The molecule has 0 spiro atoms. The van der Waals surface area contributed by atoms with Crippen LogP contribution in [0.15, 0.2) is 29.9 Å². The highest BCUT2D eigenvalue weighted by molar-refractivity contribution is 7.09. The summed E-state index contributed by atoms with van der Waals surface area (Å²) in [4.78, 5) is 8.73. The Balaban J connectivity index is 2.17. The van der Waals surface area contributed by atoms with E-state index in [0.29, 0.717) is 0 Å². The van der Waals surface area contributed by atoms with Crippen LogP contribution in [0.3, 0.4) is 0 Å². The number of hydrogen-bond donors (Lipinski definition) is 1. The van der Waals surface area contributed by atoms with Gasteiger partial charge in [0.05, 0.1) is 12.1 Å². The van der Waals surface area contributed by atoms with E-state index in [-0.39, 0.29) is 12.1 Å². The molecule has 5 heteroatoms. The Morgan fingerprint density at radius 2 is 2.16 bits per heavy atom. The Hall–Kier alpha value is -1.62. The van der Waals surface area contributed by atoms with Gasteiger partial charge in [-0.15, -0.1) is 11.3 Å². The molecule has 2 aromatic rings. The predicted molar refractivity (Wildman–Crippen MR) is 78.8 cm³/mol. The van der Waals surface area contributed by atoms with E-state index in [0.717, 1.165) is 23.0 Å². The van der Waals surface area contributed by atoms with Crippen LogP contribution in [-0.4, -0.2) is 16.1 Å². The number of aromatic nitrogens is 2. The van der Waals surface area contributed by atoms with Gasteiger partial charge in [-0.3, -0.25) is 0 Å². The molecule has 0 radical (unpaired) electrons. The van der Waals surface area contributed by atoms with Crippen molar-refractivity contribution < 1.29 is 4.74 Å². The fourth-order valence-corrected chi connectivity index (χ4v) is 2.53. The molecule has 0 aliphatic heterocycles. The van der Waals surface area contributed by atoms with Gasteiger partial charge >= 0.3 is 0 Å². The third-order valence-electron chi connectivity index (χ3n) is 2.60. The van der Waals surface area contributed by atoms with Gasteiger partial charge < -0.3 is 10.1 Å². The topological polar surface area (TPSA) is 47.0 Å². The monoisotopic (exact) mass is 277 g/mol. The van der Waals surface area contributed by atoms with Crippen LogP contribution < -0.4 is 10.1 Å². The fraction of sp³-hybridized carbons (Fsp3) is 0.429. The van der Waals surface area contributed by atoms with Crippen molar-refractivity contribution in [2.75, 3.05) is 5.32 Å². The molecule has 1 atom stereocenters. The Morgan fingerprint density at radius 3 is 2.79 bits per heavy atom. The summed E-state index contributed by atoms with van der Waals surface area (Å²) < 4.78 is 5.77. The minimum absolute atomic E-state index is 0.129. The van der Waals surface area contributed by atoms with E-state index in [2.05, 4.69) is 22.2 Å². The van der Waals surface area contributed by atoms with Gasteiger partial charge in [-0.05, 0) is 32.4 Å². The number of thiazole rings is 1. The van der Waals surface area contributed by atoms with Crippen LogP contribution in [0.25, 0.3) is 0 Å². The molecule has 0 aromatic carbocycles. The van der Waals surface area contributed by atoms with Crippen molar-refractivity contribution >= 4 is 17.2 Å². The lowest BCUT2D eigenvalue weighted by atomic mass is 10.2. The first-order valence-electron chi connectivity index (χ1n) is 6.48. The molecule has 1 N–H and O–H groups in total. The quantitative estimate of drug-likeness (QED) is 0.870.